The number of hydrogen-bond acceptors (Lipinski definition) is 3. The summed E-state index contributed by atoms with van der Waals surface area (Å²) in [7, 11) is 0. The number of rotatable bonds is 3. The van der Waals surface area contributed by atoms with E-state index in [9.17, 15) is 5.11 Å². The Morgan fingerprint density at radius 2 is 2.19 bits per heavy atom. The number of aromatic nitrogens is 3. The largest absolute Gasteiger partial charge is 0.386 e. The van der Waals surface area contributed by atoms with Crippen LogP contribution in [0.3, 0.4) is 0 Å². The summed E-state index contributed by atoms with van der Waals surface area (Å²) >= 11 is 11.7. The van der Waals surface area contributed by atoms with Crippen molar-refractivity contribution in [2.75, 3.05) is 0 Å². The van der Waals surface area contributed by atoms with Gasteiger partial charge in [-0.25, -0.2) is 4.68 Å². The quantitative estimate of drug-likeness (QED) is 0.919. The molecular weight excluding hydrogens is 249 g/mol. The van der Waals surface area contributed by atoms with E-state index < -0.39 is 6.10 Å². The summed E-state index contributed by atoms with van der Waals surface area (Å²) in [5, 5.41) is 18.4. The molecule has 0 spiro atoms. The molecule has 0 saturated carbocycles. The highest BCUT2D eigenvalue weighted by Crippen LogP contribution is 2.26. The number of aliphatic hydroxyl groups is 1. The van der Waals surface area contributed by atoms with Crippen molar-refractivity contribution >= 4 is 23.2 Å². The van der Waals surface area contributed by atoms with E-state index in [4.69, 9.17) is 23.2 Å². The lowest BCUT2D eigenvalue weighted by Gasteiger charge is -2.12. The van der Waals surface area contributed by atoms with Crippen molar-refractivity contribution < 1.29 is 5.11 Å². The van der Waals surface area contributed by atoms with E-state index in [1.54, 1.807) is 30.6 Å². The molecule has 0 radical (unpaired) electrons. The molecule has 0 saturated heterocycles. The lowest BCUT2D eigenvalue weighted by atomic mass is 10.1. The molecule has 4 nitrogen and oxygen atoms in total. The Morgan fingerprint density at radius 3 is 2.81 bits per heavy atom. The predicted octanol–water partition coefficient (Wildman–Crippen LogP) is 2.32. The van der Waals surface area contributed by atoms with Crippen molar-refractivity contribution in [2.24, 2.45) is 0 Å². The third-order valence-corrected chi connectivity index (χ3v) is 2.72. The maximum absolute atomic E-state index is 9.95. The third-order valence-electron chi connectivity index (χ3n) is 2.15. The molecule has 0 amide bonds. The standard InChI is InChI=1S/C10H9Cl2N3O/c11-7-1-2-8(9(12)5-7)10(16)6-15-4-3-13-14-15/h1-5,10,16H,6H2/t10-/m1/s1. The highest BCUT2D eigenvalue weighted by Gasteiger charge is 2.12. The van der Waals surface area contributed by atoms with E-state index in [0.717, 1.165) is 0 Å². The smallest absolute Gasteiger partial charge is 0.100 e. The maximum Gasteiger partial charge on any atom is 0.100 e. The van der Waals surface area contributed by atoms with Crippen LogP contribution in [-0.2, 0) is 6.54 Å². The van der Waals surface area contributed by atoms with Crippen molar-refractivity contribution in [1.82, 2.24) is 15.0 Å². The van der Waals surface area contributed by atoms with Gasteiger partial charge < -0.3 is 5.11 Å². The Bertz CT molecular complexity index is 473. The van der Waals surface area contributed by atoms with Crippen LogP contribution in [0, 0.1) is 0 Å². The second kappa shape index (κ2) is 4.82. The average Bonchev–Trinajstić information content (AvgIpc) is 2.70. The van der Waals surface area contributed by atoms with Gasteiger partial charge >= 0.3 is 0 Å². The Labute approximate surface area is 102 Å². The first-order chi connectivity index (χ1) is 7.66. The molecule has 1 aromatic heterocycles. The molecule has 0 fully saturated rings. The summed E-state index contributed by atoms with van der Waals surface area (Å²) in [5.41, 5.74) is 0.626. The third kappa shape index (κ3) is 2.52. The van der Waals surface area contributed by atoms with Crippen LogP contribution >= 0.6 is 23.2 Å². The minimum atomic E-state index is -0.730. The van der Waals surface area contributed by atoms with E-state index in [1.165, 1.54) is 4.68 Å². The van der Waals surface area contributed by atoms with Crippen molar-refractivity contribution in [3.05, 3.63) is 46.2 Å². The van der Waals surface area contributed by atoms with E-state index >= 15 is 0 Å². The fourth-order valence-corrected chi connectivity index (χ4v) is 1.91. The zero-order chi connectivity index (χ0) is 11.5. The molecule has 0 aliphatic rings. The molecule has 1 heterocycles. The molecule has 6 heteroatoms. The van der Waals surface area contributed by atoms with Gasteiger partial charge in [-0.15, -0.1) is 5.10 Å². The van der Waals surface area contributed by atoms with Crippen LogP contribution in [0.4, 0.5) is 0 Å². The molecule has 16 heavy (non-hydrogen) atoms. The second-order valence-corrected chi connectivity index (χ2v) is 4.15. The second-order valence-electron chi connectivity index (χ2n) is 3.31. The van der Waals surface area contributed by atoms with Crippen LogP contribution in [0.5, 0.6) is 0 Å². The molecule has 2 aromatic rings. The van der Waals surface area contributed by atoms with Gasteiger partial charge in [-0.2, -0.15) is 0 Å². The summed E-state index contributed by atoms with van der Waals surface area (Å²) < 4.78 is 1.54. The van der Waals surface area contributed by atoms with Gasteiger partial charge in [-0.05, 0) is 12.1 Å². The summed E-state index contributed by atoms with van der Waals surface area (Å²) in [4.78, 5) is 0. The Kier molecular flexibility index (Phi) is 3.43. The first kappa shape index (κ1) is 11.4. The topological polar surface area (TPSA) is 50.9 Å². The Morgan fingerprint density at radius 1 is 1.38 bits per heavy atom. The molecule has 0 bridgehead atoms. The first-order valence-corrected chi connectivity index (χ1v) is 5.39. The van der Waals surface area contributed by atoms with Crippen molar-refractivity contribution in [3.8, 4) is 0 Å². The van der Waals surface area contributed by atoms with Crippen molar-refractivity contribution in [1.29, 1.82) is 0 Å². The van der Waals surface area contributed by atoms with Gasteiger partial charge in [0.2, 0.25) is 0 Å². The molecule has 84 valence electrons. The number of benzene rings is 1. The van der Waals surface area contributed by atoms with Gasteiger partial charge in [-0.3, -0.25) is 0 Å². The van der Waals surface area contributed by atoms with E-state index in [1.807, 2.05) is 0 Å². The average molecular weight is 258 g/mol. The molecule has 1 atom stereocenters. The summed E-state index contributed by atoms with van der Waals surface area (Å²) in [6.45, 7) is 0.307. The summed E-state index contributed by atoms with van der Waals surface area (Å²) in [6.07, 6.45) is 2.50. The molecule has 0 aliphatic heterocycles. The minimum absolute atomic E-state index is 0.307. The SMILES string of the molecule is O[C@H](Cn1ccnn1)c1ccc(Cl)cc1Cl. The fraction of sp³-hybridized carbons (Fsp3) is 0.200. The van der Waals surface area contributed by atoms with Crippen molar-refractivity contribution in [2.45, 2.75) is 12.6 Å². The Hall–Kier alpha value is -1.10. The van der Waals surface area contributed by atoms with Gasteiger partial charge in [0, 0.05) is 21.8 Å². The molecule has 1 N–H and O–H groups in total. The van der Waals surface area contributed by atoms with Gasteiger partial charge in [0.05, 0.1) is 12.7 Å². The van der Waals surface area contributed by atoms with Crippen LogP contribution in [0.2, 0.25) is 10.0 Å². The normalized spacial score (nSPS) is 12.7. The summed E-state index contributed by atoms with van der Waals surface area (Å²) in [5.74, 6) is 0. The van der Waals surface area contributed by atoms with Gasteiger partial charge in [0.15, 0.2) is 0 Å². The molecular formula is C10H9Cl2N3O. The van der Waals surface area contributed by atoms with E-state index in [2.05, 4.69) is 10.3 Å². The van der Waals surface area contributed by atoms with E-state index in [0.29, 0.717) is 22.2 Å². The van der Waals surface area contributed by atoms with Gasteiger partial charge in [-0.1, -0.05) is 34.5 Å². The van der Waals surface area contributed by atoms with Crippen LogP contribution in [0.1, 0.15) is 11.7 Å². The molecule has 0 aliphatic carbocycles. The van der Waals surface area contributed by atoms with Gasteiger partial charge in [0.1, 0.15) is 6.10 Å². The van der Waals surface area contributed by atoms with Crippen LogP contribution in [0.15, 0.2) is 30.6 Å². The number of nitrogens with zero attached hydrogens (tertiary/aromatic N) is 3. The summed E-state index contributed by atoms with van der Waals surface area (Å²) in [6, 6.07) is 4.99. The number of aliphatic hydroxyl groups excluding tert-OH is 1. The fourth-order valence-electron chi connectivity index (χ4n) is 1.38. The zero-order valence-electron chi connectivity index (χ0n) is 8.22. The molecule has 0 unspecified atom stereocenters. The molecule has 2 rings (SSSR count). The maximum atomic E-state index is 9.95. The first-order valence-electron chi connectivity index (χ1n) is 4.64. The highest BCUT2D eigenvalue weighted by molar-refractivity contribution is 6.35. The monoisotopic (exact) mass is 257 g/mol. The lowest BCUT2D eigenvalue weighted by molar-refractivity contribution is 0.151. The van der Waals surface area contributed by atoms with Gasteiger partial charge in [0.25, 0.3) is 0 Å². The van der Waals surface area contributed by atoms with Crippen LogP contribution < -0.4 is 0 Å². The number of hydrogen-bond donors (Lipinski definition) is 1. The Balaban J connectivity index is 2.17. The van der Waals surface area contributed by atoms with E-state index in [-0.39, 0.29) is 0 Å². The lowest BCUT2D eigenvalue weighted by Crippen LogP contribution is -2.09. The van der Waals surface area contributed by atoms with Crippen LogP contribution in [0.25, 0.3) is 0 Å². The highest BCUT2D eigenvalue weighted by atomic mass is 35.5. The van der Waals surface area contributed by atoms with Crippen LogP contribution in [-0.4, -0.2) is 20.1 Å². The predicted molar refractivity (Wildman–Crippen MR) is 61.4 cm³/mol. The minimum Gasteiger partial charge on any atom is -0.386 e. The van der Waals surface area contributed by atoms with Crippen molar-refractivity contribution in [3.63, 3.8) is 0 Å². The zero-order valence-corrected chi connectivity index (χ0v) is 9.73. The number of halogens is 2. The molecule has 1 aromatic carbocycles.